The summed E-state index contributed by atoms with van der Waals surface area (Å²) in [6.07, 6.45) is 3.96. The molecule has 1 aliphatic heterocycles. The average molecular weight is 221 g/mol. The van der Waals surface area contributed by atoms with Gasteiger partial charge in [-0.25, -0.2) is 4.99 Å². The first-order valence-electron chi connectivity index (χ1n) is 4.70. The molecule has 0 saturated carbocycles. The Bertz CT molecular complexity index is 457. The number of hydrogen-bond donors (Lipinski definition) is 1. The fourth-order valence-electron chi connectivity index (χ4n) is 1.63. The number of nitrogens with zero attached hydrogens (tertiary/aromatic N) is 1. The Morgan fingerprint density at radius 3 is 2.75 bits per heavy atom. The fraction of sp³-hybridized carbons (Fsp3) is 0.273. The first-order chi connectivity index (χ1) is 7.65. The van der Waals surface area contributed by atoms with Gasteiger partial charge in [0.1, 0.15) is 17.6 Å². The first kappa shape index (κ1) is 10.6. The van der Waals surface area contributed by atoms with Gasteiger partial charge in [0, 0.05) is 24.8 Å². The number of aliphatic hydroxyl groups excluding tert-OH is 1. The first-order valence-corrected chi connectivity index (χ1v) is 4.70. The zero-order valence-electron chi connectivity index (χ0n) is 8.93. The number of rotatable bonds is 2. The van der Waals surface area contributed by atoms with Crippen LogP contribution in [0.4, 0.5) is 0 Å². The molecule has 0 aromatic heterocycles. The molecular formula is C11H11NO4. The zero-order valence-corrected chi connectivity index (χ0v) is 8.93. The second-order valence-electron chi connectivity index (χ2n) is 3.35. The number of dihydropyridines is 1. The third-order valence-corrected chi connectivity index (χ3v) is 2.41. The molecule has 0 spiro atoms. The lowest BCUT2D eigenvalue weighted by molar-refractivity contribution is -0.113. The number of amides is 1. The third-order valence-electron chi connectivity index (χ3n) is 2.41. The number of fused-ring (bicyclic) bond motifs is 1. The number of hydrogen-bond acceptors (Lipinski definition) is 4. The Labute approximate surface area is 92.4 Å². The van der Waals surface area contributed by atoms with Gasteiger partial charge >= 0.3 is 0 Å². The molecule has 2 rings (SSSR count). The minimum absolute atomic E-state index is 0.0940. The molecular weight excluding hydrogens is 210 g/mol. The smallest absolute Gasteiger partial charge is 0.274 e. The van der Waals surface area contributed by atoms with Gasteiger partial charge in [0.05, 0.1) is 12.8 Å². The molecule has 1 heterocycles. The van der Waals surface area contributed by atoms with E-state index in [1.54, 1.807) is 12.2 Å². The van der Waals surface area contributed by atoms with Crippen LogP contribution in [0.3, 0.4) is 0 Å². The van der Waals surface area contributed by atoms with Crippen LogP contribution < -0.4 is 0 Å². The number of ether oxygens (including phenoxy) is 2. The molecule has 1 N–H and O–H groups in total. The standard InChI is InChI=1S/C11H11NO4/c1-15-9-3-6-7(4-10(9)16-2)12-11(14)5-8(6)13/h3-5,9,13H,1-2H3. The molecule has 1 amide bonds. The molecule has 0 bridgehead atoms. The number of allylic oxidation sites excluding steroid dienone is 2. The van der Waals surface area contributed by atoms with E-state index in [0.29, 0.717) is 17.0 Å². The molecule has 1 aliphatic carbocycles. The fourth-order valence-corrected chi connectivity index (χ4v) is 1.63. The monoisotopic (exact) mass is 221 g/mol. The van der Waals surface area contributed by atoms with Crippen molar-refractivity contribution < 1.29 is 19.4 Å². The van der Waals surface area contributed by atoms with Crippen molar-refractivity contribution >= 4 is 11.6 Å². The predicted octanol–water partition coefficient (Wildman–Crippen LogP) is 0.895. The molecule has 1 atom stereocenters. The summed E-state index contributed by atoms with van der Waals surface area (Å²) in [5.41, 5.74) is 0.891. The van der Waals surface area contributed by atoms with E-state index in [-0.39, 0.29) is 11.9 Å². The normalized spacial score (nSPS) is 23.9. The lowest BCUT2D eigenvalue weighted by Crippen LogP contribution is -2.24. The van der Waals surface area contributed by atoms with Gasteiger partial charge in [0.2, 0.25) is 0 Å². The minimum atomic E-state index is -0.479. The molecule has 0 radical (unpaired) electrons. The van der Waals surface area contributed by atoms with E-state index >= 15 is 0 Å². The van der Waals surface area contributed by atoms with Gasteiger partial charge < -0.3 is 14.6 Å². The Hall–Kier alpha value is -1.88. The Kier molecular flexibility index (Phi) is 2.62. The molecule has 0 aromatic carbocycles. The van der Waals surface area contributed by atoms with E-state index in [2.05, 4.69) is 4.99 Å². The molecule has 2 aliphatic rings. The van der Waals surface area contributed by atoms with Crippen LogP contribution in [0.1, 0.15) is 0 Å². The van der Waals surface area contributed by atoms with Gasteiger partial charge in [-0.15, -0.1) is 0 Å². The summed E-state index contributed by atoms with van der Waals surface area (Å²) in [5, 5.41) is 9.61. The van der Waals surface area contributed by atoms with Crippen molar-refractivity contribution in [1.29, 1.82) is 0 Å². The molecule has 84 valence electrons. The minimum Gasteiger partial charge on any atom is -0.507 e. The zero-order chi connectivity index (χ0) is 11.7. The van der Waals surface area contributed by atoms with E-state index in [1.165, 1.54) is 14.2 Å². The summed E-state index contributed by atoms with van der Waals surface area (Å²) < 4.78 is 10.3. The van der Waals surface area contributed by atoms with Crippen molar-refractivity contribution in [3.05, 3.63) is 35.3 Å². The van der Waals surface area contributed by atoms with Crippen LogP contribution in [0.25, 0.3) is 0 Å². The summed E-state index contributed by atoms with van der Waals surface area (Å²) in [4.78, 5) is 14.9. The van der Waals surface area contributed by atoms with Crippen molar-refractivity contribution in [2.75, 3.05) is 14.2 Å². The number of carbonyl (C=O) groups excluding carboxylic acids is 1. The van der Waals surface area contributed by atoms with Gasteiger partial charge in [0.25, 0.3) is 5.91 Å². The van der Waals surface area contributed by atoms with E-state index in [1.807, 2.05) is 0 Å². The van der Waals surface area contributed by atoms with Gasteiger partial charge in [-0.1, -0.05) is 0 Å². The van der Waals surface area contributed by atoms with Gasteiger partial charge in [-0.05, 0) is 6.08 Å². The van der Waals surface area contributed by atoms with Crippen LogP contribution in [0, 0.1) is 0 Å². The largest absolute Gasteiger partial charge is 0.507 e. The van der Waals surface area contributed by atoms with Crippen molar-refractivity contribution in [2.24, 2.45) is 4.99 Å². The third kappa shape index (κ3) is 1.65. The molecule has 5 heteroatoms. The van der Waals surface area contributed by atoms with Gasteiger partial charge in [-0.3, -0.25) is 4.79 Å². The quantitative estimate of drug-likeness (QED) is 0.752. The lowest BCUT2D eigenvalue weighted by Gasteiger charge is -2.22. The van der Waals surface area contributed by atoms with E-state index in [9.17, 15) is 9.90 Å². The highest BCUT2D eigenvalue weighted by molar-refractivity contribution is 6.20. The Balaban J connectivity index is 2.45. The maximum Gasteiger partial charge on any atom is 0.274 e. The molecule has 0 saturated heterocycles. The van der Waals surface area contributed by atoms with Crippen molar-refractivity contribution in [1.82, 2.24) is 0 Å². The number of aliphatic imine (C=N–C) groups is 1. The highest BCUT2D eigenvalue weighted by Crippen LogP contribution is 2.25. The van der Waals surface area contributed by atoms with Crippen molar-refractivity contribution in [3.8, 4) is 0 Å². The Morgan fingerprint density at radius 1 is 1.38 bits per heavy atom. The molecule has 16 heavy (non-hydrogen) atoms. The lowest BCUT2D eigenvalue weighted by atomic mass is 9.96. The van der Waals surface area contributed by atoms with Crippen LogP contribution in [0.15, 0.2) is 40.3 Å². The summed E-state index contributed by atoms with van der Waals surface area (Å²) in [5.74, 6) is -0.0248. The Morgan fingerprint density at radius 2 is 2.12 bits per heavy atom. The van der Waals surface area contributed by atoms with Crippen LogP contribution >= 0.6 is 0 Å². The van der Waals surface area contributed by atoms with E-state index in [0.717, 1.165) is 6.08 Å². The maximum absolute atomic E-state index is 11.1. The summed E-state index contributed by atoms with van der Waals surface area (Å²) >= 11 is 0. The number of carbonyl (C=O) groups is 1. The summed E-state index contributed by atoms with van der Waals surface area (Å²) in [6.45, 7) is 0. The predicted molar refractivity (Wildman–Crippen MR) is 57.1 cm³/mol. The van der Waals surface area contributed by atoms with Gasteiger partial charge in [-0.2, -0.15) is 0 Å². The highest BCUT2D eigenvalue weighted by Gasteiger charge is 2.26. The van der Waals surface area contributed by atoms with Crippen LogP contribution in [-0.4, -0.2) is 37.0 Å². The number of aliphatic hydroxyl groups is 1. The molecule has 0 fully saturated rings. The molecule has 1 unspecified atom stereocenters. The second kappa shape index (κ2) is 3.94. The van der Waals surface area contributed by atoms with Gasteiger partial charge in [0.15, 0.2) is 0 Å². The molecule has 5 nitrogen and oxygen atoms in total. The van der Waals surface area contributed by atoms with Crippen LogP contribution in [0.5, 0.6) is 0 Å². The average Bonchev–Trinajstić information content (AvgIpc) is 2.27. The van der Waals surface area contributed by atoms with E-state index < -0.39 is 5.91 Å². The van der Waals surface area contributed by atoms with Crippen LogP contribution in [-0.2, 0) is 14.3 Å². The van der Waals surface area contributed by atoms with E-state index in [4.69, 9.17) is 9.47 Å². The van der Waals surface area contributed by atoms with Crippen molar-refractivity contribution in [2.45, 2.75) is 6.10 Å². The number of methoxy groups -OCH3 is 2. The summed E-state index contributed by atoms with van der Waals surface area (Å²) in [7, 11) is 3.04. The summed E-state index contributed by atoms with van der Waals surface area (Å²) in [6, 6.07) is 0. The molecule has 0 aromatic rings. The van der Waals surface area contributed by atoms with Crippen molar-refractivity contribution in [3.63, 3.8) is 0 Å². The highest BCUT2D eigenvalue weighted by atomic mass is 16.5. The SMILES string of the molecule is COC1=CC2=NC(=O)C=C(O)C2=CC1OC. The van der Waals surface area contributed by atoms with Crippen LogP contribution in [0.2, 0.25) is 0 Å². The topological polar surface area (TPSA) is 68.1 Å². The second-order valence-corrected chi connectivity index (χ2v) is 3.35. The maximum atomic E-state index is 11.1.